The highest BCUT2D eigenvalue weighted by atomic mass is 19.4. The van der Waals surface area contributed by atoms with Crippen LogP contribution in [0.4, 0.5) is 13.2 Å². The quantitative estimate of drug-likeness (QED) is 0.849. The molecule has 1 atom stereocenters. The molecule has 0 radical (unpaired) electrons. The van der Waals surface area contributed by atoms with Crippen LogP contribution in [0.15, 0.2) is 48.5 Å². The summed E-state index contributed by atoms with van der Waals surface area (Å²) in [5.74, 6) is 0.738. The largest absolute Gasteiger partial charge is 0.457 e. The van der Waals surface area contributed by atoms with Gasteiger partial charge in [-0.05, 0) is 62.3 Å². The van der Waals surface area contributed by atoms with Crippen LogP contribution >= 0.6 is 0 Å². The molecule has 0 aromatic heterocycles. The van der Waals surface area contributed by atoms with E-state index in [4.69, 9.17) is 4.74 Å². The summed E-state index contributed by atoms with van der Waals surface area (Å²) in [6, 6.07) is 11.2. The van der Waals surface area contributed by atoms with Gasteiger partial charge in [-0.2, -0.15) is 13.2 Å². The lowest BCUT2D eigenvalue weighted by Crippen LogP contribution is -2.30. The lowest BCUT2D eigenvalue weighted by atomic mass is 10.1. The number of likely N-dealkylation sites (tertiary alicyclic amines) is 1. The molecular formula is C20H21F3N2O2. The molecule has 1 N–H and O–H groups in total. The highest BCUT2D eigenvalue weighted by molar-refractivity contribution is 5.94. The molecule has 1 heterocycles. The topological polar surface area (TPSA) is 41.6 Å². The van der Waals surface area contributed by atoms with Gasteiger partial charge in [-0.3, -0.25) is 4.79 Å². The Kier molecular flexibility index (Phi) is 5.70. The highest BCUT2D eigenvalue weighted by Gasteiger charge is 2.30. The number of rotatable bonds is 5. The molecule has 2 aromatic rings. The second-order valence-corrected chi connectivity index (χ2v) is 6.62. The van der Waals surface area contributed by atoms with Crippen LogP contribution in [-0.4, -0.2) is 37.5 Å². The van der Waals surface area contributed by atoms with E-state index in [1.54, 1.807) is 29.2 Å². The number of alkyl halides is 3. The number of nitrogens with zero attached hydrogens (tertiary/aromatic N) is 1. The van der Waals surface area contributed by atoms with Crippen molar-refractivity contribution < 1.29 is 22.7 Å². The van der Waals surface area contributed by atoms with E-state index in [0.717, 1.165) is 25.1 Å². The van der Waals surface area contributed by atoms with Crippen molar-refractivity contribution in [2.24, 2.45) is 5.92 Å². The molecule has 1 fully saturated rings. The summed E-state index contributed by atoms with van der Waals surface area (Å²) < 4.78 is 44.0. The smallest absolute Gasteiger partial charge is 0.416 e. The van der Waals surface area contributed by atoms with Crippen LogP contribution in [0.25, 0.3) is 0 Å². The predicted molar refractivity (Wildman–Crippen MR) is 95.9 cm³/mol. The number of ether oxygens (including phenoxy) is 1. The van der Waals surface area contributed by atoms with E-state index in [0.29, 0.717) is 30.3 Å². The highest BCUT2D eigenvalue weighted by Crippen LogP contribution is 2.33. The summed E-state index contributed by atoms with van der Waals surface area (Å²) in [5, 5.41) is 3.12. The van der Waals surface area contributed by atoms with Gasteiger partial charge < -0.3 is 15.0 Å². The Hall–Kier alpha value is -2.54. The molecule has 3 rings (SSSR count). The Morgan fingerprint density at radius 1 is 1.19 bits per heavy atom. The van der Waals surface area contributed by atoms with Crippen LogP contribution < -0.4 is 10.1 Å². The van der Waals surface area contributed by atoms with Crippen LogP contribution in [0.5, 0.6) is 11.5 Å². The number of hydrogen-bond acceptors (Lipinski definition) is 3. The Balaban J connectivity index is 1.72. The summed E-state index contributed by atoms with van der Waals surface area (Å²) in [6.45, 7) is 2.25. The average molecular weight is 378 g/mol. The van der Waals surface area contributed by atoms with Gasteiger partial charge in [0.05, 0.1) is 5.56 Å². The summed E-state index contributed by atoms with van der Waals surface area (Å²) in [4.78, 5) is 14.5. The zero-order valence-corrected chi connectivity index (χ0v) is 14.9. The van der Waals surface area contributed by atoms with Gasteiger partial charge in [0, 0.05) is 18.7 Å². The molecule has 144 valence electrons. The maximum absolute atomic E-state index is 12.8. The van der Waals surface area contributed by atoms with E-state index in [-0.39, 0.29) is 11.7 Å². The van der Waals surface area contributed by atoms with Gasteiger partial charge >= 0.3 is 6.18 Å². The van der Waals surface area contributed by atoms with Gasteiger partial charge in [-0.1, -0.05) is 12.1 Å². The van der Waals surface area contributed by atoms with E-state index in [2.05, 4.69) is 5.32 Å². The lowest BCUT2D eigenvalue weighted by Gasteiger charge is -2.17. The molecular weight excluding hydrogens is 357 g/mol. The minimum Gasteiger partial charge on any atom is -0.457 e. The number of carbonyl (C=O) groups is 1. The fraction of sp³-hybridized carbons (Fsp3) is 0.350. The monoisotopic (exact) mass is 378 g/mol. The number of amides is 1. The Morgan fingerprint density at radius 2 is 1.89 bits per heavy atom. The van der Waals surface area contributed by atoms with Crippen molar-refractivity contribution in [1.82, 2.24) is 10.2 Å². The van der Waals surface area contributed by atoms with Gasteiger partial charge in [-0.25, -0.2) is 0 Å². The summed E-state index contributed by atoms with van der Waals surface area (Å²) in [6.07, 6.45) is -3.48. The first-order chi connectivity index (χ1) is 12.9. The van der Waals surface area contributed by atoms with Crippen molar-refractivity contribution in [3.63, 3.8) is 0 Å². The van der Waals surface area contributed by atoms with Gasteiger partial charge in [-0.15, -0.1) is 0 Å². The van der Waals surface area contributed by atoms with Crippen LogP contribution in [0.1, 0.15) is 22.3 Å². The molecule has 0 aliphatic carbocycles. The van der Waals surface area contributed by atoms with E-state index >= 15 is 0 Å². The molecule has 1 aliphatic rings. The third-order valence-corrected chi connectivity index (χ3v) is 4.54. The Bertz CT molecular complexity index is 808. The van der Waals surface area contributed by atoms with E-state index in [1.807, 2.05) is 7.05 Å². The van der Waals surface area contributed by atoms with Crippen LogP contribution in [-0.2, 0) is 6.18 Å². The standard InChI is InChI=1S/C20H21F3N2O2/c1-24-12-14-8-9-25(13-14)19(26)15-4-2-6-17(10-15)27-18-7-3-5-16(11-18)20(21,22)23/h2-7,10-11,14,24H,8-9,12-13H2,1H3. The Labute approximate surface area is 155 Å². The first kappa shape index (κ1) is 19.2. The van der Waals surface area contributed by atoms with Crippen molar-refractivity contribution in [2.45, 2.75) is 12.6 Å². The molecule has 0 spiro atoms. The van der Waals surface area contributed by atoms with Crippen LogP contribution in [0.3, 0.4) is 0 Å². The van der Waals surface area contributed by atoms with Crippen molar-refractivity contribution >= 4 is 5.91 Å². The molecule has 2 aromatic carbocycles. The molecule has 0 saturated carbocycles. The number of halogens is 3. The molecule has 4 nitrogen and oxygen atoms in total. The molecule has 27 heavy (non-hydrogen) atoms. The van der Waals surface area contributed by atoms with Crippen molar-refractivity contribution in [1.29, 1.82) is 0 Å². The first-order valence-electron chi connectivity index (χ1n) is 8.76. The summed E-state index contributed by atoms with van der Waals surface area (Å²) in [7, 11) is 1.89. The molecule has 0 bridgehead atoms. The first-order valence-corrected chi connectivity index (χ1v) is 8.76. The van der Waals surface area contributed by atoms with Gasteiger partial charge in [0.1, 0.15) is 11.5 Å². The zero-order valence-electron chi connectivity index (χ0n) is 14.9. The zero-order chi connectivity index (χ0) is 19.4. The predicted octanol–water partition coefficient (Wildman–Crippen LogP) is 4.18. The van der Waals surface area contributed by atoms with Crippen LogP contribution in [0.2, 0.25) is 0 Å². The van der Waals surface area contributed by atoms with Crippen molar-refractivity contribution in [3.8, 4) is 11.5 Å². The third-order valence-electron chi connectivity index (χ3n) is 4.54. The second kappa shape index (κ2) is 8.00. The summed E-state index contributed by atoms with van der Waals surface area (Å²) >= 11 is 0. The molecule has 7 heteroatoms. The molecule has 1 saturated heterocycles. The SMILES string of the molecule is CNCC1CCN(C(=O)c2cccc(Oc3cccc(C(F)(F)F)c3)c2)C1. The maximum Gasteiger partial charge on any atom is 0.416 e. The van der Waals surface area contributed by atoms with Crippen molar-refractivity contribution in [3.05, 3.63) is 59.7 Å². The number of hydrogen-bond donors (Lipinski definition) is 1. The number of carbonyl (C=O) groups excluding carboxylic acids is 1. The van der Waals surface area contributed by atoms with Gasteiger partial charge in [0.25, 0.3) is 5.91 Å². The third kappa shape index (κ3) is 4.80. The average Bonchev–Trinajstić information content (AvgIpc) is 3.10. The molecule has 1 amide bonds. The fourth-order valence-corrected chi connectivity index (χ4v) is 3.22. The van der Waals surface area contributed by atoms with Gasteiger partial charge in [0.15, 0.2) is 0 Å². The van der Waals surface area contributed by atoms with Crippen LogP contribution in [0, 0.1) is 5.92 Å². The summed E-state index contributed by atoms with van der Waals surface area (Å²) in [5.41, 5.74) is -0.315. The molecule has 1 aliphatic heterocycles. The fourth-order valence-electron chi connectivity index (χ4n) is 3.22. The minimum absolute atomic E-state index is 0.0738. The minimum atomic E-state index is -4.43. The Morgan fingerprint density at radius 3 is 2.59 bits per heavy atom. The molecule has 1 unspecified atom stereocenters. The van der Waals surface area contributed by atoms with E-state index < -0.39 is 11.7 Å². The number of nitrogens with one attached hydrogen (secondary N) is 1. The maximum atomic E-state index is 12.8. The normalized spacial score (nSPS) is 17.2. The van der Waals surface area contributed by atoms with Crippen molar-refractivity contribution in [2.75, 3.05) is 26.7 Å². The number of benzene rings is 2. The second-order valence-electron chi connectivity index (χ2n) is 6.62. The van der Waals surface area contributed by atoms with E-state index in [9.17, 15) is 18.0 Å². The van der Waals surface area contributed by atoms with E-state index in [1.165, 1.54) is 12.1 Å². The lowest BCUT2D eigenvalue weighted by molar-refractivity contribution is -0.137. The van der Waals surface area contributed by atoms with Gasteiger partial charge in [0.2, 0.25) is 0 Å².